The summed E-state index contributed by atoms with van der Waals surface area (Å²) in [4.78, 5) is 3.90. The molecule has 0 aromatic carbocycles. The molecule has 4 heteroatoms. The Morgan fingerprint density at radius 1 is 1.55 bits per heavy atom. The number of nitrogens with two attached hydrogens (primary N) is 1. The number of aromatic nitrogens is 3. The van der Waals surface area contributed by atoms with Gasteiger partial charge in [-0.15, -0.1) is 0 Å². The molecule has 0 bridgehead atoms. The lowest BCUT2D eigenvalue weighted by Gasteiger charge is -2.35. The van der Waals surface area contributed by atoms with E-state index in [0.29, 0.717) is 12.0 Å². The van der Waals surface area contributed by atoms with E-state index in [2.05, 4.69) is 10.1 Å². The van der Waals surface area contributed by atoms with Gasteiger partial charge in [0.1, 0.15) is 12.7 Å². The summed E-state index contributed by atoms with van der Waals surface area (Å²) in [5.74, 6) is 0.622. The van der Waals surface area contributed by atoms with Gasteiger partial charge in [0.2, 0.25) is 0 Å². The third-order valence-electron chi connectivity index (χ3n) is 2.46. The molecule has 0 spiro atoms. The maximum Gasteiger partial charge on any atom is 0.137 e. The first-order valence-corrected chi connectivity index (χ1v) is 3.96. The molecule has 0 amide bonds. The second-order valence-corrected chi connectivity index (χ2v) is 3.02. The van der Waals surface area contributed by atoms with Crippen molar-refractivity contribution in [1.29, 1.82) is 0 Å². The fraction of sp³-hybridized carbons (Fsp3) is 0.714. The number of rotatable bonds is 2. The van der Waals surface area contributed by atoms with Gasteiger partial charge in [-0.25, -0.2) is 9.67 Å². The molecule has 1 aliphatic rings. The smallest absolute Gasteiger partial charge is 0.137 e. The molecule has 60 valence electrons. The van der Waals surface area contributed by atoms with E-state index < -0.39 is 0 Å². The van der Waals surface area contributed by atoms with Crippen LogP contribution in [0.1, 0.15) is 18.9 Å². The normalized spacial score (nSPS) is 29.9. The lowest BCUT2D eigenvalue weighted by molar-refractivity contribution is 0.173. The van der Waals surface area contributed by atoms with Crippen molar-refractivity contribution in [1.82, 2.24) is 14.8 Å². The van der Waals surface area contributed by atoms with Crippen molar-refractivity contribution >= 4 is 0 Å². The fourth-order valence-electron chi connectivity index (χ4n) is 1.56. The van der Waals surface area contributed by atoms with Gasteiger partial charge in [0, 0.05) is 0 Å². The Kier molecular flexibility index (Phi) is 1.62. The molecular formula is C7H12N4. The van der Waals surface area contributed by atoms with Crippen molar-refractivity contribution in [2.75, 3.05) is 6.54 Å². The highest BCUT2D eigenvalue weighted by Gasteiger charge is 2.31. The summed E-state index contributed by atoms with van der Waals surface area (Å²) in [5.41, 5.74) is 5.57. The predicted molar refractivity (Wildman–Crippen MR) is 40.8 cm³/mol. The Labute approximate surface area is 65.4 Å². The Morgan fingerprint density at radius 3 is 2.91 bits per heavy atom. The second-order valence-electron chi connectivity index (χ2n) is 3.02. The zero-order valence-electron chi connectivity index (χ0n) is 6.35. The molecule has 2 N–H and O–H groups in total. The average molecular weight is 152 g/mol. The quantitative estimate of drug-likeness (QED) is 0.658. The molecular weight excluding hydrogens is 140 g/mol. The first kappa shape index (κ1) is 6.79. The molecule has 1 heterocycles. The van der Waals surface area contributed by atoms with E-state index in [-0.39, 0.29) is 0 Å². The van der Waals surface area contributed by atoms with Crippen LogP contribution >= 0.6 is 0 Å². The van der Waals surface area contributed by atoms with E-state index in [1.165, 1.54) is 12.8 Å². The van der Waals surface area contributed by atoms with Crippen molar-refractivity contribution in [3.63, 3.8) is 0 Å². The van der Waals surface area contributed by atoms with Gasteiger partial charge in [0.15, 0.2) is 0 Å². The molecule has 0 aliphatic heterocycles. The van der Waals surface area contributed by atoms with Gasteiger partial charge in [-0.2, -0.15) is 5.10 Å². The van der Waals surface area contributed by atoms with E-state index in [1.54, 1.807) is 12.7 Å². The van der Waals surface area contributed by atoms with Crippen LogP contribution in [0.15, 0.2) is 12.7 Å². The van der Waals surface area contributed by atoms with Crippen molar-refractivity contribution < 1.29 is 0 Å². The van der Waals surface area contributed by atoms with Gasteiger partial charge < -0.3 is 5.73 Å². The molecule has 1 aliphatic carbocycles. The van der Waals surface area contributed by atoms with Crippen LogP contribution in [0.3, 0.4) is 0 Å². The van der Waals surface area contributed by atoms with Gasteiger partial charge in [0.25, 0.3) is 0 Å². The van der Waals surface area contributed by atoms with Crippen molar-refractivity contribution in [2.45, 2.75) is 18.9 Å². The highest BCUT2D eigenvalue weighted by atomic mass is 15.3. The molecule has 4 nitrogen and oxygen atoms in total. The van der Waals surface area contributed by atoms with Crippen LogP contribution in [0.5, 0.6) is 0 Å². The minimum absolute atomic E-state index is 0.516. The minimum atomic E-state index is 0.516. The van der Waals surface area contributed by atoms with Crippen LogP contribution in [0.25, 0.3) is 0 Å². The van der Waals surface area contributed by atoms with Crippen LogP contribution in [0.4, 0.5) is 0 Å². The Balaban J connectivity index is 2.07. The van der Waals surface area contributed by atoms with Crippen molar-refractivity contribution in [2.24, 2.45) is 11.7 Å². The molecule has 2 unspecified atom stereocenters. The summed E-state index contributed by atoms with van der Waals surface area (Å²) in [6, 6.07) is 0.516. The molecule has 1 aromatic rings. The summed E-state index contributed by atoms with van der Waals surface area (Å²) in [5, 5.41) is 4.09. The molecule has 1 fully saturated rings. The average Bonchev–Trinajstić information content (AvgIpc) is 2.39. The van der Waals surface area contributed by atoms with Gasteiger partial charge in [-0.1, -0.05) is 0 Å². The Hall–Kier alpha value is -0.900. The Morgan fingerprint density at radius 2 is 2.45 bits per heavy atom. The number of nitrogens with zero attached hydrogens (tertiary/aromatic N) is 3. The first-order chi connectivity index (χ1) is 5.42. The van der Waals surface area contributed by atoms with Gasteiger partial charge in [-0.3, -0.25) is 0 Å². The van der Waals surface area contributed by atoms with E-state index in [4.69, 9.17) is 5.73 Å². The minimum Gasteiger partial charge on any atom is -0.330 e. The molecule has 0 radical (unpaired) electrons. The SMILES string of the molecule is NCC1CCC1n1cncn1. The summed E-state index contributed by atoms with van der Waals surface area (Å²) < 4.78 is 1.92. The molecule has 2 rings (SSSR count). The van der Waals surface area contributed by atoms with Crippen LogP contribution in [0.2, 0.25) is 0 Å². The summed E-state index contributed by atoms with van der Waals surface area (Å²) >= 11 is 0. The third kappa shape index (κ3) is 1.03. The zero-order chi connectivity index (χ0) is 7.68. The molecule has 2 atom stereocenters. The summed E-state index contributed by atoms with van der Waals surface area (Å²) in [7, 11) is 0. The largest absolute Gasteiger partial charge is 0.330 e. The molecule has 1 saturated carbocycles. The van der Waals surface area contributed by atoms with Crippen molar-refractivity contribution in [3.8, 4) is 0 Å². The van der Waals surface area contributed by atoms with Gasteiger partial charge >= 0.3 is 0 Å². The molecule has 1 aromatic heterocycles. The lowest BCUT2D eigenvalue weighted by Crippen LogP contribution is -2.34. The number of hydrogen-bond acceptors (Lipinski definition) is 3. The maximum atomic E-state index is 5.57. The molecule has 0 saturated heterocycles. The topological polar surface area (TPSA) is 56.7 Å². The van der Waals surface area contributed by atoms with Gasteiger partial charge in [-0.05, 0) is 25.3 Å². The van der Waals surface area contributed by atoms with Crippen LogP contribution in [-0.2, 0) is 0 Å². The van der Waals surface area contributed by atoms with E-state index in [1.807, 2.05) is 4.68 Å². The highest BCUT2D eigenvalue weighted by molar-refractivity contribution is 4.85. The standard InChI is InChI=1S/C7H12N4/c8-3-6-1-2-7(6)11-5-9-4-10-11/h4-7H,1-3,8H2. The van der Waals surface area contributed by atoms with E-state index in [0.717, 1.165) is 6.54 Å². The van der Waals surface area contributed by atoms with Crippen LogP contribution in [-0.4, -0.2) is 21.3 Å². The fourth-order valence-corrected chi connectivity index (χ4v) is 1.56. The first-order valence-electron chi connectivity index (χ1n) is 3.96. The monoisotopic (exact) mass is 152 g/mol. The third-order valence-corrected chi connectivity index (χ3v) is 2.46. The van der Waals surface area contributed by atoms with Crippen LogP contribution < -0.4 is 5.73 Å². The molecule has 11 heavy (non-hydrogen) atoms. The summed E-state index contributed by atoms with van der Waals surface area (Å²) in [6.07, 6.45) is 5.78. The highest BCUT2D eigenvalue weighted by Crippen LogP contribution is 2.36. The predicted octanol–water partition coefficient (Wildman–Crippen LogP) is 0.188. The van der Waals surface area contributed by atoms with E-state index in [9.17, 15) is 0 Å². The zero-order valence-corrected chi connectivity index (χ0v) is 6.35. The van der Waals surface area contributed by atoms with Gasteiger partial charge in [0.05, 0.1) is 6.04 Å². The van der Waals surface area contributed by atoms with Crippen molar-refractivity contribution in [3.05, 3.63) is 12.7 Å². The second kappa shape index (κ2) is 2.62. The number of hydrogen-bond donors (Lipinski definition) is 1. The summed E-state index contributed by atoms with van der Waals surface area (Å²) in [6.45, 7) is 0.768. The Bertz CT molecular complexity index is 216. The lowest BCUT2D eigenvalue weighted by atomic mass is 9.80. The maximum absolute atomic E-state index is 5.57. The van der Waals surface area contributed by atoms with Crippen LogP contribution in [0, 0.1) is 5.92 Å². The van der Waals surface area contributed by atoms with E-state index >= 15 is 0 Å².